The normalized spacial score (nSPS) is 12.4. The molecule has 20 heavy (non-hydrogen) atoms. The zero-order valence-corrected chi connectivity index (χ0v) is 13.8. The van der Waals surface area contributed by atoms with Crippen LogP contribution in [0.1, 0.15) is 23.4 Å². The molecule has 5 heteroatoms. The van der Waals surface area contributed by atoms with Crippen LogP contribution in [0.4, 0.5) is 0 Å². The summed E-state index contributed by atoms with van der Waals surface area (Å²) in [5, 5.41) is 6.74. The number of ether oxygens (including phenoxy) is 1. The predicted molar refractivity (Wildman–Crippen MR) is 87.5 cm³/mol. The average Bonchev–Trinajstić information content (AvgIpc) is 2.92. The van der Waals surface area contributed by atoms with Crippen molar-refractivity contribution < 1.29 is 4.74 Å². The van der Waals surface area contributed by atoms with Crippen molar-refractivity contribution >= 4 is 34.5 Å². The zero-order chi connectivity index (χ0) is 14.5. The Balaban J connectivity index is 2.23. The lowest BCUT2D eigenvalue weighted by atomic mass is 10.0. The Bertz CT molecular complexity index is 571. The molecule has 0 fully saturated rings. The summed E-state index contributed by atoms with van der Waals surface area (Å²) in [4.78, 5) is 1.24. The molecule has 0 saturated carbocycles. The van der Waals surface area contributed by atoms with Gasteiger partial charge in [-0.3, -0.25) is 0 Å². The number of halogens is 2. The summed E-state index contributed by atoms with van der Waals surface area (Å²) in [6.45, 7) is 2.99. The summed E-state index contributed by atoms with van der Waals surface area (Å²) < 4.78 is 5.25. The second-order valence-corrected chi connectivity index (χ2v) is 6.14. The van der Waals surface area contributed by atoms with Crippen molar-refractivity contribution in [1.29, 1.82) is 0 Å². The first-order valence-corrected chi connectivity index (χ1v) is 8.08. The standard InChI is InChI=1S/C15H17Cl2NOS/c1-3-18-13(14-8-11(19-2)9-20-14)7-10-5-4-6-12(16)15(10)17/h4-6,8-9,13,18H,3,7H2,1-2H3. The Morgan fingerprint density at radius 2 is 2.15 bits per heavy atom. The number of hydrogen-bond acceptors (Lipinski definition) is 3. The molecular formula is C15H17Cl2NOS. The molecule has 0 saturated heterocycles. The monoisotopic (exact) mass is 329 g/mol. The van der Waals surface area contributed by atoms with Crippen LogP contribution in [-0.2, 0) is 6.42 Å². The lowest BCUT2D eigenvalue weighted by Crippen LogP contribution is -2.22. The van der Waals surface area contributed by atoms with Crippen molar-refractivity contribution in [2.24, 2.45) is 0 Å². The summed E-state index contributed by atoms with van der Waals surface area (Å²) in [5.41, 5.74) is 1.05. The third-order valence-electron chi connectivity index (χ3n) is 3.08. The van der Waals surface area contributed by atoms with E-state index < -0.39 is 0 Å². The Morgan fingerprint density at radius 1 is 1.35 bits per heavy atom. The van der Waals surface area contributed by atoms with E-state index in [1.54, 1.807) is 18.4 Å². The first kappa shape index (κ1) is 15.6. The van der Waals surface area contributed by atoms with Gasteiger partial charge in [0, 0.05) is 16.3 Å². The highest BCUT2D eigenvalue weighted by Gasteiger charge is 2.16. The molecule has 2 aromatic rings. The number of likely N-dealkylation sites (N-methyl/N-ethyl adjacent to an activating group) is 1. The molecule has 1 atom stereocenters. The van der Waals surface area contributed by atoms with Crippen LogP contribution in [0.2, 0.25) is 10.0 Å². The van der Waals surface area contributed by atoms with E-state index in [-0.39, 0.29) is 6.04 Å². The number of rotatable bonds is 6. The molecule has 0 bridgehead atoms. The summed E-state index contributed by atoms with van der Waals surface area (Å²) in [7, 11) is 1.68. The van der Waals surface area contributed by atoms with Crippen molar-refractivity contribution in [3.05, 3.63) is 50.1 Å². The van der Waals surface area contributed by atoms with Crippen molar-refractivity contribution in [2.45, 2.75) is 19.4 Å². The molecule has 0 aliphatic heterocycles. The Hall–Kier alpha value is -0.740. The first-order valence-electron chi connectivity index (χ1n) is 6.44. The minimum Gasteiger partial charge on any atom is -0.496 e. The molecule has 1 N–H and O–H groups in total. The number of nitrogens with one attached hydrogen (secondary N) is 1. The maximum atomic E-state index is 6.28. The quantitative estimate of drug-likeness (QED) is 0.808. The van der Waals surface area contributed by atoms with Gasteiger partial charge in [0.1, 0.15) is 5.75 Å². The number of benzene rings is 1. The number of thiophene rings is 1. The van der Waals surface area contributed by atoms with Gasteiger partial charge in [0.05, 0.1) is 17.2 Å². The van der Waals surface area contributed by atoms with Gasteiger partial charge in [0.2, 0.25) is 0 Å². The first-order chi connectivity index (χ1) is 9.65. The second kappa shape index (κ2) is 7.32. The van der Waals surface area contributed by atoms with E-state index in [0.29, 0.717) is 10.0 Å². The molecule has 1 aromatic heterocycles. The van der Waals surface area contributed by atoms with Gasteiger partial charge in [0.25, 0.3) is 0 Å². The molecule has 1 aromatic carbocycles. The Kier molecular flexibility index (Phi) is 5.73. The Morgan fingerprint density at radius 3 is 2.80 bits per heavy atom. The van der Waals surface area contributed by atoms with E-state index in [0.717, 1.165) is 24.3 Å². The van der Waals surface area contributed by atoms with Gasteiger partial charge in [-0.05, 0) is 30.7 Å². The highest BCUT2D eigenvalue weighted by Crippen LogP contribution is 2.32. The van der Waals surface area contributed by atoms with Gasteiger partial charge >= 0.3 is 0 Å². The van der Waals surface area contributed by atoms with Crippen LogP contribution < -0.4 is 10.1 Å². The van der Waals surface area contributed by atoms with Crippen molar-refractivity contribution in [3.63, 3.8) is 0 Å². The van der Waals surface area contributed by atoms with Crippen molar-refractivity contribution in [1.82, 2.24) is 5.32 Å². The molecular weight excluding hydrogens is 313 g/mol. The summed E-state index contributed by atoms with van der Waals surface area (Å²) in [5.74, 6) is 0.894. The zero-order valence-electron chi connectivity index (χ0n) is 11.5. The lowest BCUT2D eigenvalue weighted by Gasteiger charge is -2.17. The molecule has 2 rings (SSSR count). The van der Waals surface area contributed by atoms with Crippen LogP contribution in [-0.4, -0.2) is 13.7 Å². The number of methoxy groups -OCH3 is 1. The van der Waals surface area contributed by atoms with E-state index in [2.05, 4.69) is 18.3 Å². The van der Waals surface area contributed by atoms with Gasteiger partial charge in [-0.2, -0.15) is 0 Å². The maximum Gasteiger partial charge on any atom is 0.129 e. The molecule has 0 spiro atoms. The highest BCUT2D eigenvalue weighted by atomic mass is 35.5. The van der Waals surface area contributed by atoms with Gasteiger partial charge in [-0.25, -0.2) is 0 Å². The van der Waals surface area contributed by atoms with Gasteiger partial charge in [0.15, 0.2) is 0 Å². The number of hydrogen-bond donors (Lipinski definition) is 1. The van der Waals surface area contributed by atoms with E-state index >= 15 is 0 Å². The smallest absolute Gasteiger partial charge is 0.129 e. The third-order valence-corrected chi connectivity index (χ3v) is 4.96. The third kappa shape index (κ3) is 3.67. The van der Waals surface area contributed by atoms with Gasteiger partial charge < -0.3 is 10.1 Å². The topological polar surface area (TPSA) is 21.3 Å². The van der Waals surface area contributed by atoms with Crippen LogP contribution in [0.3, 0.4) is 0 Å². The fourth-order valence-electron chi connectivity index (χ4n) is 2.07. The van der Waals surface area contributed by atoms with Crippen LogP contribution in [0.25, 0.3) is 0 Å². The molecule has 108 valence electrons. The average molecular weight is 330 g/mol. The SMILES string of the molecule is CCNC(Cc1cccc(Cl)c1Cl)c1cc(OC)cs1. The minimum absolute atomic E-state index is 0.213. The minimum atomic E-state index is 0.213. The second-order valence-electron chi connectivity index (χ2n) is 4.42. The molecule has 2 nitrogen and oxygen atoms in total. The fraction of sp³-hybridized carbons (Fsp3) is 0.333. The van der Waals surface area contributed by atoms with Crippen LogP contribution in [0, 0.1) is 0 Å². The van der Waals surface area contributed by atoms with E-state index in [1.165, 1.54) is 4.88 Å². The van der Waals surface area contributed by atoms with Crippen molar-refractivity contribution in [2.75, 3.05) is 13.7 Å². The molecule has 0 aliphatic rings. The molecule has 0 amide bonds. The largest absolute Gasteiger partial charge is 0.496 e. The van der Waals surface area contributed by atoms with E-state index in [1.807, 2.05) is 23.6 Å². The maximum absolute atomic E-state index is 6.28. The molecule has 0 aliphatic carbocycles. The van der Waals surface area contributed by atoms with E-state index in [9.17, 15) is 0 Å². The van der Waals surface area contributed by atoms with Gasteiger partial charge in [-0.1, -0.05) is 42.3 Å². The van der Waals surface area contributed by atoms with Crippen LogP contribution >= 0.6 is 34.5 Å². The molecule has 0 radical (unpaired) electrons. The van der Waals surface area contributed by atoms with Crippen LogP contribution in [0.5, 0.6) is 5.75 Å². The van der Waals surface area contributed by atoms with Crippen LogP contribution in [0.15, 0.2) is 29.6 Å². The Labute approximate surface area is 133 Å². The summed E-state index contributed by atoms with van der Waals surface area (Å²) in [6, 6.07) is 8.04. The summed E-state index contributed by atoms with van der Waals surface area (Å²) in [6.07, 6.45) is 0.802. The fourth-order valence-corrected chi connectivity index (χ4v) is 3.40. The van der Waals surface area contributed by atoms with E-state index in [4.69, 9.17) is 27.9 Å². The predicted octanol–water partition coefficient (Wildman–Crippen LogP) is 4.96. The van der Waals surface area contributed by atoms with Gasteiger partial charge in [-0.15, -0.1) is 11.3 Å². The highest BCUT2D eigenvalue weighted by molar-refractivity contribution is 7.10. The lowest BCUT2D eigenvalue weighted by molar-refractivity contribution is 0.415. The molecule has 1 heterocycles. The molecule has 1 unspecified atom stereocenters. The summed E-state index contributed by atoms with van der Waals surface area (Å²) >= 11 is 14.0. The van der Waals surface area contributed by atoms with Crippen molar-refractivity contribution in [3.8, 4) is 5.75 Å².